The molecule has 1 amide bonds. The summed E-state index contributed by atoms with van der Waals surface area (Å²) >= 11 is 0. The van der Waals surface area contributed by atoms with E-state index in [9.17, 15) is 13.2 Å². The Kier molecular flexibility index (Phi) is 6.14. The van der Waals surface area contributed by atoms with Crippen molar-refractivity contribution >= 4 is 15.9 Å². The van der Waals surface area contributed by atoms with E-state index in [1.54, 1.807) is 12.1 Å². The number of nitrogens with zero attached hydrogens (tertiary/aromatic N) is 1. The first-order chi connectivity index (χ1) is 13.7. The Bertz CT molecular complexity index is 1000. The Labute approximate surface area is 171 Å². The highest BCUT2D eigenvalue weighted by molar-refractivity contribution is 7.89. The monoisotopic (exact) mass is 418 g/mol. The number of amides is 1. The highest BCUT2D eigenvalue weighted by Gasteiger charge is 2.23. The Balaban J connectivity index is 1.86. The molecule has 0 aromatic heterocycles. The molecule has 2 aromatic rings. The second kappa shape index (κ2) is 8.42. The van der Waals surface area contributed by atoms with Gasteiger partial charge < -0.3 is 14.8 Å². The Hall–Kier alpha value is -2.58. The summed E-state index contributed by atoms with van der Waals surface area (Å²) in [6.45, 7) is 5.02. The molecule has 1 aliphatic rings. The van der Waals surface area contributed by atoms with E-state index in [4.69, 9.17) is 9.47 Å². The van der Waals surface area contributed by atoms with Crippen LogP contribution in [0.25, 0.3) is 0 Å². The van der Waals surface area contributed by atoms with Crippen molar-refractivity contribution in [2.45, 2.75) is 24.8 Å². The summed E-state index contributed by atoms with van der Waals surface area (Å²) in [5.41, 5.74) is 1.19. The molecule has 156 valence electrons. The number of hydrogen-bond donors (Lipinski definition) is 1. The molecule has 1 N–H and O–H groups in total. The molecule has 0 fully saturated rings. The number of benzene rings is 2. The Morgan fingerprint density at radius 2 is 1.72 bits per heavy atom. The van der Waals surface area contributed by atoms with E-state index < -0.39 is 10.0 Å². The summed E-state index contributed by atoms with van der Waals surface area (Å²) in [7, 11) is -0.703. The maximum absolute atomic E-state index is 12.9. The lowest BCUT2D eigenvalue weighted by molar-refractivity contribution is 0.0925. The van der Waals surface area contributed by atoms with Gasteiger partial charge in [-0.25, -0.2) is 12.7 Å². The molecule has 1 aliphatic heterocycles. The maximum atomic E-state index is 12.9. The van der Waals surface area contributed by atoms with Crippen molar-refractivity contribution < 1.29 is 22.7 Å². The normalized spacial score (nSPS) is 14.7. The fraction of sp³-hybridized carbons (Fsp3) is 0.381. The highest BCUT2D eigenvalue weighted by atomic mass is 32.2. The topological polar surface area (TPSA) is 84.9 Å². The number of carbonyl (C=O) groups excluding carboxylic acids is 1. The number of sulfonamides is 1. The number of hydrogen-bond acceptors (Lipinski definition) is 5. The molecule has 0 radical (unpaired) electrons. The molecule has 0 bridgehead atoms. The highest BCUT2D eigenvalue weighted by Crippen LogP contribution is 2.34. The number of nitrogens with one attached hydrogen (secondary N) is 1. The van der Waals surface area contributed by atoms with Crippen molar-refractivity contribution in [2.24, 2.45) is 5.92 Å². The molecular formula is C21H26N2O5S. The van der Waals surface area contributed by atoms with Crippen molar-refractivity contribution in [2.75, 3.05) is 27.3 Å². The summed E-state index contributed by atoms with van der Waals surface area (Å²) in [6.07, 6.45) is 0. The summed E-state index contributed by atoms with van der Waals surface area (Å²) in [6, 6.07) is 11.4. The average molecular weight is 419 g/mol. The lowest BCUT2D eigenvalue weighted by atomic mass is 9.95. The van der Waals surface area contributed by atoms with Crippen LogP contribution in [0.15, 0.2) is 47.4 Å². The van der Waals surface area contributed by atoms with E-state index >= 15 is 0 Å². The third-order valence-electron chi connectivity index (χ3n) is 4.75. The van der Waals surface area contributed by atoms with E-state index in [-0.39, 0.29) is 28.3 Å². The number of fused-ring (bicyclic) bond motifs is 1. The molecule has 7 nitrogen and oxygen atoms in total. The summed E-state index contributed by atoms with van der Waals surface area (Å²) < 4.78 is 37.1. The molecule has 0 spiro atoms. The molecule has 1 atom stereocenters. The minimum absolute atomic E-state index is 0.0792. The summed E-state index contributed by atoms with van der Waals surface area (Å²) in [4.78, 5) is 13.0. The smallest absolute Gasteiger partial charge is 0.251 e. The van der Waals surface area contributed by atoms with Gasteiger partial charge in [-0.05, 0) is 41.8 Å². The predicted octanol–water partition coefficient (Wildman–Crippen LogP) is 2.84. The van der Waals surface area contributed by atoms with Crippen molar-refractivity contribution in [1.29, 1.82) is 0 Å². The van der Waals surface area contributed by atoms with Gasteiger partial charge in [0, 0.05) is 19.7 Å². The molecule has 0 aliphatic carbocycles. The zero-order valence-corrected chi connectivity index (χ0v) is 17.8. The fourth-order valence-electron chi connectivity index (χ4n) is 3.12. The number of ether oxygens (including phenoxy) is 2. The maximum Gasteiger partial charge on any atom is 0.251 e. The van der Waals surface area contributed by atoms with Crippen LogP contribution in [0.1, 0.15) is 35.8 Å². The van der Waals surface area contributed by atoms with E-state index in [1.165, 1.54) is 26.2 Å². The molecule has 1 heterocycles. The Morgan fingerprint density at radius 1 is 1.03 bits per heavy atom. The second-order valence-electron chi connectivity index (χ2n) is 7.41. The molecule has 29 heavy (non-hydrogen) atoms. The van der Waals surface area contributed by atoms with Crippen molar-refractivity contribution in [3.63, 3.8) is 0 Å². The van der Waals surface area contributed by atoms with Gasteiger partial charge in [-0.15, -0.1) is 0 Å². The van der Waals surface area contributed by atoms with Crippen LogP contribution >= 0.6 is 0 Å². The first-order valence-electron chi connectivity index (χ1n) is 9.43. The van der Waals surface area contributed by atoms with Crippen LogP contribution in [0, 0.1) is 5.92 Å². The van der Waals surface area contributed by atoms with Crippen molar-refractivity contribution in [3.8, 4) is 11.5 Å². The molecule has 0 saturated carbocycles. The lowest BCUT2D eigenvalue weighted by Gasteiger charge is -2.25. The van der Waals surface area contributed by atoms with Crippen molar-refractivity contribution in [3.05, 3.63) is 53.6 Å². The van der Waals surface area contributed by atoms with Gasteiger partial charge in [-0.3, -0.25) is 4.79 Å². The van der Waals surface area contributed by atoms with E-state index in [0.717, 1.165) is 9.87 Å². The van der Waals surface area contributed by atoms with Crippen LogP contribution < -0.4 is 14.8 Å². The fourth-order valence-corrected chi connectivity index (χ4v) is 4.07. The van der Waals surface area contributed by atoms with Crippen LogP contribution in [0.2, 0.25) is 0 Å². The zero-order valence-electron chi connectivity index (χ0n) is 17.0. The third-order valence-corrected chi connectivity index (χ3v) is 6.56. The van der Waals surface area contributed by atoms with Gasteiger partial charge in [0.2, 0.25) is 10.0 Å². The van der Waals surface area contributed by atoms with Gasteiger partial charge in [0.25, 0.3) is 5.91 Å². The quantitative estimate of drug-likeness (QED) is 0.780. The predicted molar refractivity (Wildman–Crippen MR) is 110 cm³/mol. The van der Waals surface area contributed by atoms with E-state index in [2.05, 4.69) is 5.32 Å². The molecule has 3 rings (SSSR count). The van der Waals surface area contributed by atoms with Crippen LogP contribution in [0.5, 0.6) is 11.5 Å². The van der Waals surface area contributed by atoms with Gasteiger partial charge >= 0.3 is 0 Å². The second-order valence-corrected chi connectivity index (χ2v) is 9.57. The molecule has 2 aromatic carbocycles. The largest absolute Gasteiger partial charge is 0.486 e. The van der Waals surface area contributed by atoms with E-state index in [0.29, 0.717) is 24.7 Å². The van der Waals surface area contributed by atoms with Gasteiger partial charge in [-0.1, -0.05) is 26.0 Å². The van der Waals surface area contributed by atoms with E-state index in [1.807, 2.05) is 32.0 Å². The van der Waals surface area contributed by atoms with Gasteiger partial charge in [0.1, 0.15) is 13.2 Å². The van der Waals surface area contributed by atoms with Gasteiger partial charge in [-0.2, -0.15) is 0 Å². The minimum atomic E-state index is -3.62. The van der Waals surface area contributed by atoms with Crippen LogP contribution in [0.3, 0.4) is 0 Å². The molecule has 8 heteroatoms. The molecular weight excluding hydrogens is 392 g/mol. The lowest BCUT2D eigenvalue weighted by Crippen LogP contribution is -2.32. The van der Waals surface area contributed by atoms with Crippen LogP contribution in [-0.4, -0.2) is 45.9 Å². The number of carbonyl (C=O) groups is 1. The summed E-state index contributed by atoms with van der Waals surface area (Å²) in [5.74, 6) is 1.12. The standard InChI is InChI=1S/C21H26N2O5S/c1-14(2)20(15-8-9-18-19(13-15)28-11-10-27-18)22-21(24)16-6-5-7-17(12-16)29(25,26)23(3)4/h5-9,12-14,20H,10-11H2,1-4H3,(H,22,24)/t20-/m0/s1. The molecule has 0 unspecified atom stereocenters. The first kappa shape index (κ1) is 21.1. The third kappa shape index (κ3) is 4.54. The Morgan fingerprint density at radius 3 is 2.38 bits per heavy atom. The minimum Gasteiger partial charge on any atom is -0.486 e. The van der Waals surface area contributed by atoms with Crippen molar-refractivity contribution in [1.82, 2.24) is 9.62 Å². The van der Waals surface area contributed by atoms with Gasteiger partial charge in [0.05, 0.1) is 10.9 Å². The zero-order chi connectivity index (χ0) is 21.2. The first-order valence-corrected chi connectivity index (χ1v) is 10.9. The SMILES string of the molecule is CC(C)[C@H](NC(=O)c1cccc(S(=O)(=O)N(C)C)c1)c1ccc2c(c1)OCCO2. The summed E-state index contributed by atoms with van der Waals surface area (Å²) in [5, 5.41) is 3.02. The van der Waals surface area contributed by atoms with Gasteiger partial charge in [0.15, 0.2) is 11.5 Å². The average Bonchev–Trinajstić information content (AvgIpc) is 2.71. The van der Waals surface area contributed by atoms with Crippen LogP contribution in [0.4, 0.5) is 0 Å². The number of rotatable bonds is 6. The van der Waals surface area contributed by atoms with Crippen LogP contribution in [-0.2, 0) is 10.0 Å². The molecule has 0 saturated heterocycles.